The molecule has 0 saturated heterocycles. The molecular formula is C20H22N2O5S. The van der Waals surface area contributed by atoms with Crippen LogP contribution in [0.2, 0.25) is 0 Å². The molecular weight excluding hydrogens is 380 g/mol. The number of amides is 1. The SMILES string of the molecule is C[C@@H](NC(=O)COC(=O)C1(c2ccccc2)CC1)c1ccc(S(N)(=O)=O)cc1. The van der Waals surface area contributed by atoms with Crippen molar-refractivity contribution < 1.29 is 22.7 Å². The lowest BCUT2D eigenvalue weighted by Gasteiger charge is -2.17. The molecule has 0 unspecified atom stereocenters. The largest absolute Gasteiger partial charge is 0.455 e. The quantitative estimate of drug-likeness (QED) is 0.685. The van der Waals surface area contributed by atoms with Crippen LogP contribution in [0.5, 0.6) is 0 Å². The molecule has 148 valence electrons. The summed E-state index contributed by atoms with van der Waals surface area (Å²) in [4.78, 5) is 24.6. The lowest BCUT2D eigenvalue weighted by atomic mass is 9.96. The highest BCUT2D eigenvalue weighted by molar-refractivity contribution is 7.89. The van der Waals surface area contributed by atoms with Crippen LogP contribution in [0.4, 0.5) is 0 Å². The van der Waals surface area contributed by atoms with Crippen LogP contribution in [0.3, 0.4) is 0 Å². The highest BCUT2D eigenvalue weighted by Gasteiger charge is 2.52. The molecule has 28 heavy (non-hydrogen) atoms. The van der Waals surface area contributed by atoms with Crippen LogP contribution in [0.25, 0.3) is 0 Å². The van der Waals surface area contributed by atoms with Crippen LogP contribution < -0.4 is 10.5 Å². The second-order valence-electron chi connectivity index (χ2n) is 6.93. The second-order valence-corrected chi connectivity index (χ2v) is 8.49. The molecule has 0 aliphatic heterocycles. The molecule has 8 heteroatoms. The lowest BCUT2D eigenvalue weighted by molar-refractivity contribution is -0.151. The Balaban J connectivity index is 1.54. The van der Waals surface area contributed by atoms with Gasteiger partial charge in [0.25, 0.3) is 5.91 Å². The highest BCUT2D eigenvalue weighted by Crippen LogP contribution is 2.49. The monoisotopic (exact) mass is 402 g/mol. The second kappa shape index (κ2) is 7.73. The van der Waals surface area contributed by atoms with E-state index in [1.54, 1.807) is 19.1 Å². The predicted molar refractivity (Wildman–Crippen MR) is 103 cm³/mol. The lowest BCUT2D eigenvalue weighted by Crippen LogP contribution is -2.33. The van der Waals surface area contributed by atoms with E-state index in [4.69, 9.17) is 9.88 Å². The molecule has 3 rings (SSSR count). The van der Waals surface area contributed by atoms with Gasteiger partial charge in [0.15, 0.2) is 6.61 Å². The van der Waals surface area contributed by atoms with Gasteiger partial charge < -0.3 is 10.1 Å². The Labute approximate surface area is 163 Å². The molecule has 1 saturated carbocycles. The van der Waals surface area contributed by atoms with E-state index < -0.39 is 21.3 Å². The summed E-state index contributed by atoms with van der Waals surface area (Å²) >= 11 is 0. The van der Waals surface area contributed by atoms with Gasteiger partial charge in [-0.25, -0.2) is 13.6 Å². The Hall–Kier alpha value is -2.71. The Kier molecular flexibility index (Phi) is 5.53. The van der Waals surface area contributed by atoms with E-state index in [0.717, 1.165) is 5.56 Å². The smallest absolute Gasteiger partial charge is 0.317 e. The fourth-order valence-corrected chi connectivity index (χ4v) is 3.59. The molecule has 0 bridgehead atoms. The van der Waals surface area contributed by atoms with E-state index in [2.05, 4.69) is 5.32 Å². The summed E-state index contributed by atoms with van der Waals surface area (Å²) < 4.78 is 27.8. The fourth-order valence-electron chi connectivity index (χ4n) is 3.07. The Bertz CT molecular complexity index is 967. The van der Waals surface area contributed by atoms with E-state index in [1.165, 1.54) is 12.1 Å². The summed E-state index contributed by atoms with van der Waals surface area (Å²) in [6, 6.07) is 14.9. The van der Waals surface area contributed by atoms with E-state index in [1.807, 2.05) is 30.3 Å². The van der Waals surface area contributed by atoms with Crippen LogP contribution >= 0.6 is 0 Å². The number of sulfonamides is 1. The molecule has 0 heterocycles. The zero-order valence-corrected chi connectivity index (χ0v) is 16.2. The van der Waals surface area contributed by atoms with Crippen LogP contribution in [-0.4, -0.2) is 26.9 Å². The summed E-state index contributed by atoms with van der Waals surface area (Å²) in [7, 11) is -3.76. The first-order valence-corrected chi connectivity index (χ1v) is 10.4. The number of hydrogen-bond donors (Lipinski definition) is 2. The van der Waals surface area contributed by atoms with Gasteiger partial charge in [-0.2, -0.15) is 0 Å². The van der Waals surface area contributed by atoms with Crippen molar-refractivity contribution in [2.45, 2.75) is 36.1 Å². The summed E-state index contributed by atoms with van der Waals surface area (Å²) in [5.41, 5.74) is 0.982. The van der Waals surface area contributed by atoms with E-state index >= 15 is 0 Å². The molecule has 1 aliphatic rings. The number of esters is 1. The number of nitrogens with two attached hydrogens (primary N) is 1. The maximum Gasteiger partial charge on any atom is 0.317 e. The average Bonchev–Trinajstić information content (AvgIpc) is 3.48. The third-order valence-electron chi connectivity index (χ3n) is 4.89. The van der Waals surface area contributed by atoms with Gasteiger partial charge in [-0.3, -0.25) is 9.59 Å². The number of rotatable bonds is 7. The molecule has 0 radical (unpaired) electrons. The topological polar surface area (TPSA) is 116 Å². The molecule has 0 aromatic heterocycles. The fraction of sp³-hybridized carbons (Fsp3) is 0.300. The number of nitrogens with one attached hydrogen (secondary N) is 1. The molecule has 0 spiro atoms. The predicted octanol–water partition coefficient (Wildman–Crippen LogP) is 1.79. The average molecular weight is 402 g/mol. The van der Waals surface area contributed by atoms with Crippen molar-refractivity contribution >= 4 is 21.9 Å². The molecule has 1 aliphatic carbocycles. The number of primary sulfonamides is 1. The van der Waals surface area contributed by atoms with Crippen molar-refractivity contribution in [1.82, 2.24) is 5.32 Å². The number of benzene rings is 2. The van der Waals surface area contributed by atoms with Crippen LogP contribution in [0, 0.1) is 0 Å². The zero-order valence-electron chi connectivity index (χ0n) is 15.4. The number of hydrogen-bond acceptors (Lipinski definition) is 5. The van der Waals surface area contributed by atoms with Gasteiger partial charge in [0.05, 0.1) is 16.4 Å². The van der Waals surface area contributed by atoms with Crippen LogP contribution in [-0.2, 0) is 29.8 Å². The van der Waals surface area contributed by atoms with E-state index in [-0.39, 0.29) is 23.5 Å². The van der Waals surface area contributed by atoms with Crippen molar-refractivity contribution in [3.63, 3.8) is 0 Å². The van der Waals surface area contributed by atoms with Crippen molar-refractivity contribution in [1.29, 1.82) is 0 Å². The van der Waals surface area contributed by atoms with Crippen molar-refractivity contribution in [3.05, 3.63) is 65.7 Å². The standard InChI is InChI=1S/C20H22N2O5S/c1-14(15-7-9-17(10-8-15)28(21,25)26)22-18(23)13-27-19(24)20(11-12-20)16-5-3-2-4-6-16/h2-10,14H,11-13H2,1H3,(H,22,23)(H2,21,25,26)/t14-/m1/s1. The first-order valence-electron chi connectivity index (χ1n) is 8.87. The van der Waals surface area contributed by atoms with Gasteiger partial charge in [0, 0.05) is 0 Å². The molecule has 1 amide bonds. The summed E-state index contributed by atoms with van der Waals surface area (Å²) in [5.74, 6) is -0.820. The maximum absolute atomic E-state index is 12.4. The minimum absolute atomic E-state index is 0.000602. The van der Waals surface area contributed by atoms with Crippen molar-refractivity contribution in [2.75, 3.05) is 6.61 Å². The number of carbonyl (C=O) groups is 2. The molecule has 1 atom stereocenters. The minimum Gasteiger partial charge on any atom is -0.455 e. The first kappa shape index (κ1) is 20.0. The third-order valence-corrected chi connectivity index (χ3v) is 5.82. The first-order chi connectivity index (χ1) is 13.2. The molecule has 7 nitrogen and oxygen atoms in total. The Morgan fingerprint density at radius 1 is 1.11 bits per heavy atom. The van der Waals surface area contributed by atoms with Gasteiger partial charge >= 0.3 is 5.97 Å². The van der Waals surface area contributed by atoms with E-state index in [9.17, 15) is 18.0 Å². The number of carbonyl (C=O) groups excluding carboxylic acids is 2. The summed E-state index contributed by atoms with van der Waals surface area (Å²) in [6.45, 7) is 1.38. The van der Waals surface area contributed by atoms with Crippen molar-refractivity contribution in [3.8, 4) is 0 Å². The molecule has 2 aromatic rings. The maximum atomic E-state index is 12.4. The Morgan fingerprint density at radius 3 is 2.25 bits per heavy atom. The molecule has 3 N–H and O–H groups in total. The Morgan fingerprint density at radius 2 is 1.71 bits per heavy atom. The van der Waals surface area contributed by atoms with Gasteiger partial charge in [0.1, 0.15) is 0 Å². The van der Waals surface area contributed by atoms with Crippen molar-refractivity contribution in [2.24, 2.45) is 5.14 Å². The van der Waals surface area contributed by atoms with Gasteiger partial charge in [-0.05, 0) is 43.0 Å². The van der Waals surface area contributed by atoms with Gasteiger partial charge in [0.2, 0.25) is 10.0 Å². The summed E-state index contributed by atoms with van der Waals surface area (Å²) in [5, 5.41) is 7.79. The number of ether oxygens (including phenoxy) is 1. The van der Waals surface area contributed by atoms with E-state index in [0.29, 0.717) is 18.4 Å². The third kappa shape index (κ3) is 4.40. The highest BCUT2D eigenvalue weighted by atomic mass is 32.2. The van der Waals surface area contributed by atoms with Gasteiger partial charge in [-0.15, -0.1) is 0 Å². The molecule has 1 fully saturated rings. The van der Waals surface area contributed by atoms with Gasteiger partial charge in [-0.1, -0.05) is 42.5 Å². The van der Waals surface area contributed by atoms with Crippen LogP contribution in [0.1, 0.15) is 36.9 Å². The summed E-state index contributed by atoms with van der Waals surface area (Å²) in [6.07, 6.45) is 1.43. The van der Waals surface area contributed by atoms with Crippen LogP contribution in [0.15, 0.2) is 59.5 Å². The minimum atomic E-state index is -3.76. The normalized spacial score (nSPS) is 16.1. The zero-order chi connectivity index (χ0) is 20.4. The molecule has 2 aromatic carbocycles.